The van der Waals surface area contributed by atoms with Crippen LogP contribution in [0.15, 0.2) is 31.0 Å². The van der Waals surface area contributed by atoms with Gasteiger partial charge >= 0.3 is 0 Å². The van der Waals surface area contributed by atoms with Gasteiger partial charge in [0.25, 0.3) is 5.91 Å². The van der Waals surface area contributed by atoms with Gasteiger partial charge in [-0.25, -0.2) is 9.97 Å². The van der Waals surface area contributed by atoms with Gasteiger partial charge in [0.15, 0.2) is 5.82 Å². The number of nitrogens with one attached hydrogen (secondary N) is 1. The molecule has 0 aromatic carbocycles. The number of aryl methyl sites for hydroxylation is 2. The van der Waals surface area contributed by atoms with Gasteiger partial charge in [0.2, 0.25) is 0 Å². The Labute approximate surface area is 139 Å². The molecule has 1 amide bonds. The Balaban J connectivity index is 1.61. The number of imidazole rings is 1. The number of rotatable bonds is 3. The van der Waals surface area contributed by atoms with Gasteiger partial charge in [-0.15, -0.1) is 0 Å². The van der Waals surface area contributed by atoms with Gasteiger partial charge in [-0.2, -0.15) is 5.10 Å². The molecule has 1 saturated heterocycles. The molecule has 1 fully saturated rings. The molecule has 0 saturated carbocycles. The van der Waals surface area contributed by atoms with E-state index in [0.717, 1.165) is 29.9 Å². The number of amides is 1. The predicted molar refractivity (Wildman–Crippen MR) is 89.9 cm³/mol. The average molecular weight is 325 g/mol. The van der Waals surface area contributed by atoms with Crippen molar-refractivity contribution in [2.24, 2.45) is 7.05 Å². The van der Waals surface area contributed by atoms with Gasteiger partial charge < -0.3 is 9.72 Å². The van der Waals surface area contributed by atoms with E-state index in [1.54, 1.807) is 28.3 Å². The number of carbonyl (C=O) groups excluding carboxylic acids is 1. The zero-order chi connectivity index (χ0) is 16.7. The molecule has 0 radical (unpaired) electrons. The lowest BCUT2D eigenvalue weighted by molar-refractivity contribution is -0.120. The molecule has 1 atom stereocenters. The Morgan fingerprint density at radius 3 is 3.04 bits per heavy atom. The second-order valence-electron chi connectivity index (χ2n) is 6.06. The SMILES string of the molecule is Cc1cc(N2CCCC(Nc3nccn4cncc34)C2=O)n(C)n1. The smallest absolute Gasteiger partial charge is 0.250 e. The van der Waals surface area contributed by atoms with Crippen molar-refractivity contribution in [1.29, 1.82) is 0 Å². The molecule has 8 nitrogen and oxygen atoms in total. The van der Waals surface area contributed by atoms with E-state index in [1.165, 1.54) is 0 Å². The molecule has 1 N–H and O–H groups in total. The molecule has 3 aromatic heterocycles. The van der Waals surface area contributed by atoms with Gasteiger partial charge in [0.05, 0.1) is 18.2 Å². The molecular formula is C16H19N7O. The summed E-state index contributed by atoms with van der Waals surface area (Å²) in [4.78, 5) is 23.2. The van der Waals surface area contributed by atoms with Gasteiger partial charge in [-0.1, -0.05) is 0 Å². The van der Waals surface area contributed by atoms with Crippen LogP contribution in [0.2, 0.25) is 0 Å². The van der Waals surface area contributed by atoms with Crippen molar-refractivity contribution in [2.45, 2.75) is 25.8 Å². The van der Waals surface area contributed by atoms with E-state index in [-0.39, 0.29) is 11.9 Å². The standard InChI is InChI=1S/C16H19N7O/c1-11-8-14(21(2)20-11)23-6-3-4-12(16(23)24)19-15-13-9-17-10-22(13)7-5-18-15/h5,7-10,12H,3-4,6H2,1-2H3,(H,18,19). The second-order valence-corrected chi connectivity index (χ2v) is 6.06. The van der Waals surface area contributed by atoms with Crippen LogP contribution in [-0.2, 0) is 11.8 Å². The molecule has 8 heteroatoms. The second kappa shape index (κ2) is 5.63. The molecule has 1 aliphatic rings. The lowest BCUT2D eigenvalue weighted by atomic mass is 10.0. The molecule has 4 rings (SSSR count). The Hall–Kier alpha value is -2.90. The third-order valence-electron chi connectivity index (χ3n) is 4.34. The molecule has 1 unspecified atom stereocenters. The zero-order valence-electron chi connectivity index (χ0n) is 13.7. The maximum atomic E-state index is 12.9. The third kappa shape index (κ3) is 2.40. The maximum Gasteiger partial charge on any atom is 0.250 e. The van der Waals surface area contributed by atoms with Crippen LogP contribution in [0, 0.1) is 6.92 Å². The van der Waals surface area contributed by atoms with Crippen molar-refractivity contribution in [3.63, 3.8) is 0 Å². The normalized spacial score (nSPS) is 18.3. The van der Waals surface area contributed by atoms with Crippen LogP contribution in [0.5, 0.6) is 0 Å². The summed E-state index contributed by atoms with van der Waals surface area (Å²) < 4.78 is 3.64. The monoisotopic (exact) mass is 325 g/mol. The molecule has 3 aromatic rings. The fraction of sp³-hybridized carbons (Fsp3) is 0.375. The highest BCUT2D eigenvalue weighted by Crippen LogP contribution is 2.24. The van der Waals surface area contributed by atoms with E-state index >= 15 is 0 Å². The van der Waals surface area contributed by atoms with E-state index in [4.69, 9.17) is 0 Å². The first-order valence-corrected chi connectivity index (χ1v) is 7.99. The fourth-order valence-corrected chi connectivity index (χ4v) is 3.22. The summed E-state index contributed by atoms with van der Waals surface area (Å²) in [5.41, 5.74) is 1.76. The Morgan fingerprint density at radius 2 is 2.25 bits per heavy atom. The minimum atomic E-state index is -0.303. The topological polar surface area (TPSA) is 80.4 Å². The molecule has 24 heavy (non-hydrogen) atoms. The highest BCUT2D eigenvalue weighted by molar-refractivity contribution is 5.99. The minimum Gasteiger partial charge on any atom is -0.357 e. The number of carbonyl (C=O) groups is 1. The molecule has 1 aliphatic heterocycles. The summed E-state index contributed by atoms with van der Waals surface area (Å²) in [6, 6.07) is 1.64. The summed E-state index contributed by atoms with van der Waals surface area (Å²) in [5, 5.41) is 7.64. The maximum absolute atomic E-state index is 12.9. The molecule has 0 spiro atoms. The predicted octanol–water partition coefficient (Wildman–Crippen LogP) is 1.38. The summed E-state index contributed by atoms with van der Waals surface area (Å²) in [6.07, 6.45) is 8.70. The number of nitrogens with zero attached hydrogens (tertiary/aromatic N) is 6. The number of aromatic nitrogens is 5. The summed E-state index contributed by atoms with van der Waals surface area (Å²) in [7, 11) is 1.86. The van der Waals surface area contributed by atoms with Gasteiger partial charge in [-0.05, 0) is 19.8 Å². The van der Waals surface area contributed by atoms with Crippen molar-refractivity contribution in [3.8, 4) is 0 Å². The van der Waals surface area contributed by atoms with E-state index in [9.17, 15) is 4.79 Å². The first-order valence-electron chi connectivity index (χ1n) is 7.99. The Bertz CT molecular complexity index is 897. The van der Waals surface area contributed by atoms with Crippen LogP contribution < -0.4 is 10.2 Å². The molecule has 0 aliphatic carbocycles. The third-order valence-corrected chi connectivity index (χ3v) is 4.34. The highest BCUT2D eigenvalue weighted by atomic mass is 16.2. The summed E-state index contributed by atoms with van der Waals surface area (Å²) in [6.45, 7) is 2.64. The average Bonchev–Trinajstić information content (AvgIpc) is 3.16. The quantitative estimate of drug-likeness (QED) is 0.787. The number of hydrogen-bond donors (Lipinski definition) is 1. The van der Waals surface area contributed by atoms with Crippen LogP contribution in [0.3, 0.4) is 0 Å². The van der Waals surface area contributed by atoms with Crippen molar-refractivity contribution in [3.05, 3.63) is 36.7 Å². The molecule has 124 valence electrons. The number of fused-ring (bicyclic) bond motifs is 1. The van der Waals surface area contributed by atoms with Gasteiger partial charge in [-0.3, -0.25) is 14.4 Å². The zero-order valence-corrected chi connectivity index (χ0v) is 13.7. The number of hydrogen-bond acceptors (Lipinski definition) is 5. The van der Waals surface area contributed by atoms with Crippen molar-refractivity contribution in [2.75, 3.05) is 16.8 Å². The van der Waals surface area contributed by atoms with Crippen LogP contribution >= 0.6 is 0 Å². The van der Waals surface area contributed by atoms with Crippen molar-refractivity contribution in [1.82, 2.24) is 24.1 Å². The van der Waals surface area contributed by atoms with Crippen LogP contribution in [0.4, 0.5) is 11.6 Å². The number of anilines is 2. The minimum absolute atomic E-state index is 0.0487. The van der Waals surface area contributed by atoms with Gasteiger partial charge in [0, 0.05) is 32.1 Å². The first kappa shape index (κ1) is 14.7. The van der Waals surface area contributed by atoms with E-state index in [0.29, 0.717) is 12.4 Å². The van der Waals surface area contributed by atoms with E-state index in [1.807, 2.05) is 30.6 Å². The van der Waals surface area contributed by atoms with Crippen LogP contribution in [0.1, 0.15) is 18.5 Å². The number of piperidine rings is 1. The summed E-state index contributed by atoms with van der Waals surface area (Å²) in [5.74, 6) is 1.56. The lowest BCUT2D eigenvalue weighted by Gasteiger charge is -2.32. The van der Waals surface area contributed by atoms with Gasteiger partial charge in [0.1, 0.15) is 17.4 Å². The van der Waals surface area contributed by atoms with Crippen molar-refractivity contribution < 1.29 is 4.79 Å². The first-order chi connectivity index (χ1) is 11.6. The highest BCUT2D eigenvalue weighted by Gasteiger charge is 2.31. The van der Waals surface area contributed by atoms with Crippen molar-refractivity contribution >= 4 is 23.1 Å². The lowest BCUT2D eigenvalue weighted by Crippen LogP contribution is -2.48. The van der Waals surface area contributed by atoms with Crippen LogP contribution in [0.25, 0.3) is 5.52 Å². The molecule has 4 heterocycles. The Morgan fingerprint density at radius 1 is 1.38 bits per heavy atom. The molecule has 0 bridgehead atoms. The Kier molecular flexibility index (Phi) is 3.44. The molecular weight excluding hydrogens is 306 g/mol. The van der Waals surface area contributed by atoms with E-state index < -0.39 is 0 Å². The van der Waals surface area contributed by atoms with E-state index in [2.05, 4.69) is 20.4 Å². The fourth-order valence-electron chi connectivity index (χ4n) is 3.22. The van der Waals surface area contributed by atoms with Crippen LogP contribution in [-0.4, -0.2) is 42.6 Å². The summed E-state index contributed by atoms with van der Waals surface area (Å²) >= 11 is 0. The largest absolute Gasteiger partial charge is 0.357 e.